The van der Waals surface area contributed by atoms with Crippen molar-refractivity contribution in [2.45, 2.75) is 37.4 Å². The largest absolute Gasteiger partial charge is 0.479 e. The van der Waals surface area contributed by atoms with Crippen molar-refractivity contribution in [3.63, 3.8) is 0 Å². The van der Waals surface area contributed by atoms with Gasteiger partial charge < -0.3 is 10.0 Å². The molecule has 0 spiro atoms. The van der Waals surface area contributed by atoms with E-state index in [4.69, 9.17) is 5.11 Å². The molecule has 2 atom stereocenters. The molecule has 17 heavy (non-hydrogen) atoms. The van der Waals surface area contributed by atoms with Crippen LogP contribution < -0.4 is 0 Å². The summed E-state index contributed by atoms with van der Waals surface area (Å²) in [6.07, 6.45) is -3.50. The van der Waals surface area contributed by atoms with Gasteiger partial charge in [0.2, 0.25) is 0 Å². The van der Waals surface area contributed by atoms with E-state index in [-0.39, 0.29) is 25.3 Å². The average Bonchev–Trinajstić information content (AvgIpc) is 2.49. The van der Waals surface area contributed by atoms with Crippen LogP contribution in [-0.4, -0.2) is 40.1 Å². The number of alkyl halides is 3. The molecule has 0 aromatic rings. The Morgan fingerprint density at radius 3 is 2.53 bits per heavy atom. The van der Waals surface area contributed by atoms with Gasteiger partial charge in [-0.3, -0.25) is 4.79 Å². The van der Waals surface area contributed by atoms with E-state index in [1.807, 2.05) is 0 Å². The Morgan fingerprint density at radius 2 is 2.00 bits per heavy atom. The number of fused-ring (bicyclic) bond motifs is 2. The van der Waals surface area contributed by atoms with Crippen LogP contribution in [0.15, 0.2) is 0 Å². The zero-order valence-electron chi connectivity index (χ0n) is 8.96. The fraction of sp³-hybridized carbons (Fsp3) is 0.800. The van der Waals surface area contributed by atoms with Gasteiger partial charge in [-0.25, -0.2) is 4.79 Å². The van der Waals surface area contributed by atoms with Gasteiger partial charge in [0, 0.05) is 6.54 Å². The van der Waals surface area contributed by atoms with Gasteiger partial charge in [-0.2, -0.15) is 13.2 Å². The van der Waals surface area contributed by atoms with Crippen LogP contribution in [-0.2, 0) is 9.59 Å². The molecule has 1 N–H and O–H groups in total. The average molecular weight is 251 g/mol. The van der Waals surface area contributed by atoms with Gasteiger partial charge in [0.25, 0.3) is 0 Å². The maximum absolute atomic E-state index is 12.4. The zero-order chi connectivity index (χ0) is 12.8. The number of hydrogen-bond acceptors (Lipinski definition) is 2. The van der Waals surface area contributed by atoms with Crippen LogP contribution >= 0.6 is 0 Å². The number of aliphatic carboxylic acids is 1. The molecule has 1 saturated carbocycles. The first-order valence-corrected chi connectivity index (χ1v) is 5.39. The summed E-state index contributed by atoms with van der Waals surface area (Å²) >= 11 is 0. The molecule has 1 aliphatic carbocycles. The third-order valence-electron chi connectivity index (χ3n) is 3.67. The first-order valence-electron chi connectivity index (χ1n) is 5.39. The highest BCUT2D eigenvalue weighted by Crippen LogP contribution is 2.45. The lowest BCUT2D eigenvalue weighted by atomic mass is 9.80. The molecule has 2 rings (SSSR count). The van der Waals surface area contributed by atoms with Gasteiger partial charge in [0.1, 0.15) is 5.54 Å². The van der Waals surface area contributed by atoms with Gasteiger partial charge in [-0.1, -0.05) is 6.42 Å². The summed E-state index contributed by atoms with van der Waals surface area (Å²) < 4.78 is 37.2. The van der Waals surface area contributed by atoms with Crippen LogP contribution in [0.1, 0.15) is 25.7 Å². The first kappa shape index (κ1) is 12.2. The highest BCUT2D eigenvalue weighted by molar-refractivity contribution is 5.90. The number of carbonyl (C=O) groups excluding carboxylic acids is 1. The van der Waals surface area contributed by atoms with E-state index < -0.39 is 23.6 Å². The van der Waals surface area contributed by atoms with Gasteiger partial charge in [-0.15, -0.1) is 0 Å². The Hall–Kier alpha value is -1.27. The third-order valence-corrected chi connectivity index (χ3v) is 3.67. The predicted octanol–water partition coefficient (Wildman–Crippen LogP) is 1.40. The number of likely N-dealkylation sites (tertiary alicyclic amines) is 1. The third kappa shape index (κ3) is 1.77. The molecule has 2 aliphatic rings. The van der Waals surface area contributed by atoms with Crippen molar-refractivity contribution in [3.05, 3.63) is 0 Å². The molecule has 1 heterocycles. The lowest BCUT2D eigenvalue weighted by Crippen LogP contribution is -2.56. The summed E-state index contributed by atoms with van der Waals surface area (Å²) in [5.74, 6) is -3.47. The van der Waals surface area contributed by atoms with Crippen molar-refractivity contribution < 1.29 is 27.9 Å². The molecular formula is C10H12F3NO3. The van der Waals surface area contributed by atoms with Crippen molar-refractivity contribution in [3.8, 4) is 0 Å². The predicted molar refractivity (Wildman–Crippen MR) is 50.1 cm³/mol. The summed E-state index contributed by atoms with van der Waals surface area (Å²) in [6.45, 7) is -0.0926. The fourth-order valence-electron chi connectivity index (χ4n) is 2.94. The van der Waals surface area contributed by atoms with Gasteiger partial charge in [0.05, 0.1) is 0 Å². The zero-order valence-corrected chi connectivity index (χ0v) is 8.96. The second-order valence-electron chi connectivity index (χ2n) is 4.71. The summed E-state index contributed by atoms with van der Waals surface area (Å²) in [7, 11) is 0. The summed E-state index contributed by atoms with van der Waals surface area (Å²) in [6, 6.07) is 0. The number of carbonyl (C=O) groups is 2. The summed E-state index contributed by atoms with van der Waals surface area (Å²) in [5.41, 5.74) is -1.63. The first-order chi connectivity index (χ1) is 7.77. The number of halogens is 3. The topological polar surface area (TPSA) is 57.6 Å². The van der Waals surface area contributed by atoms with Crippen LogP contribution in [0.5, 0.6) is 0 Å². The van der Waals surface area contributed by atoms with E-state index >= 15 is 0 Å². The van der Waals surface area contributed by atoms with E-state index in [0.717, 1.165) is 0 Å². The van der Waals surface area contributed by atoms with E-state index in [0.29, 0.717) is 17.7 Å². The maximum atomic E-state index is 12.4. The molecule has 1 amide bonds. The quantitative estimate of drug-likeness (QED) is 0.766. The van der Waals surface area contributed by atoms with Crippen LogP contribution in [0.25, 0.3) is 0 Å². The number of nitrogens with zero attached hydrogens (tertiary/aromatic N) is 1. The summed E-state index contributed by atoms with van der Waals surface area (Å²) in [5, 5.41) is 9.14. The molecule has 7 heteroatoms. The van der Waals surface area contributed by atoms with E-state index in [9.17, 15) is 22.8 Å². The SMILES string of the molecule is O=C(N1C[C@@H]2CCC[C@@]1(C(=O)O)C2)C(F)(F)F. The molecule has 0 aromatic carbocycles. The molecule has 96 valence electrons. The van der Waals surface area contributed by atoms with Gasteiger partial charge in [0.15, 0.2) is 0 Å². The Bertz CT molecular complexity index is 368. The molecule has 0 aromatic heterocycles. The lowest BCUT2D eigenvalue weighted by molar-refractivity contribution is -0.192. The Labute approximate surface area is 95.4 Å². The van der Waals surface area contributed by atoms with E-state index in [1.54, 1.807) is 0 Å². The number of carboxylic acid groups (broad SMARTS) is 1. The normalized spacial score (nSPS) is 32.6. The van der Waals surface area contributed by atoms with Crippen molar-refractivity contribution >= 4 is 11.9 Å². The number of amides is 1. The number of rotatable bonds is 1. The minimum Gasteiger partial charge on any atom is -0.479 e. The highest BCUT2D eigenvalue weighted by Gasteiger charge is 2.59. The van der Waals surface area contributed by atoms with E-state index in [2.05, 4.69) is 0 Å². The van der Waals surface area contributed by atoms with Gasteiger partial charge in [-0.05, 0) is 25.2 Å². The molecule has 0 unspecified atom stereocenters. The second-order valence-corrected chi connectivity index (χ2v) is 4.71. The molecule has 1 aliphatic heterocycles. The van der Waals surface area contributed by atoms with Crippen LogP contribution in [0.4, 0.5) is 13.2 Å². The van der Waals surface area contributed by atoms with Crippen LogP contribution in [0.2, 0.25) is 0 Å². The van der Waals surface area contributed by atoms with Crippen LogP contribution in [0.3, 0.4) is 0 Å². The maximum Gasteiger partial charge on any atom is 0.471 e. The lowest BCUT2D eigenvalue weighted by Gasteiger charge is -2.35. The second kappa shape index (κ2) is 3.61. The summed E-state index contributed by atoms with van der Waals surface area (Å²) in [4.78, 5) is 23.0. The van der Waals surface area contributed by atoms with Crippen molar-refractivity contribution in [2.24, 2.45) is 5.92 Å². The minimum atomic E-state index is -5.00. The Balaban J connectivity index is 2.34. The minimum absolute atomic E-state index is 0.0926. The van der Waals surface area contributed by atoms with Crippen LogP contribution in [0, 0.1) is 5.92 Å². The fourth-order valence-corrected chi connectivity index (χ4v) is 2.94. The molecule has 2 bridgehead atoms. The number of hydrogen-bond donors (Lipinski definition) is 1. The molecule has 0 radical (unpaired) electrons. The Kier molecular flexibility index (Phi) is 2.59. The molecule has 2 fully saturated rings. The Morgan fingerprint density at radius 1 is 1.35 bits per heavy atom. The molecule has 4 nitrogen and oxygen atoms in total. The smallest absolute Gasteiger partial charge is 0.471 e. The van der Waals surface area contributed by atoms with Crippen molar-refractivity contribution in [1.29, 1.82) is 0 Å². The highest BCUT2D eigenvalue weighted by atomic mass is 19.4. The molecular weight excluding hydrogens is 239 g/mol. The number of carboxylic acids is 1. The monoisotopic (exact) mass is 251 g/mol. The van der Waals surface area contributed by atoms with Crippen molar-refractivity contribution in [1.82, 2.24) is 4.90 Å². The van der Waals surface area contributed by atoms with Crippen molar-refractivity contribution in [2.75, 3.05) is 6.54 Å². The molecule has 1 saturated heterocycles. The van der Waals surface area contributed by atoms with E-state index in [1.165, 1.54) is 0 Å². The van der Waals surface area contributed by atoms with Gasteiger partial charge >= 0.3 is 18.1 Å². The standard InChI is InChI=1S/C10H12F3NO3/c11-10(12,13)7(15)14-5-6-2-1-3-9(14,4-6)8(16)17/h6H,1-5H2,(H,16,17)/t6-,9+/m1/s1.